The standard InChI is InChI=1S/C57H111NO5/c1-3-5-7-9-11-13-15-17-22-27-31-35-39-43-47-51-57(62)63-52-48-44-40-36-32-28-24-21-19-18-20-23-26-30-34-38-42-46-50-56(61)58-54(53-59)55(60)49-45-41-37-33-29-25-16-14-12-10-8-6-4-2/h17,22,54-55,59-60H,3-16,18-21,23-53H2,1-2H3,(H,58,61)/b22-17-. The van der Waals surface area contributed by atoms with Crippen molar-refractivity contribution < 1.29 is 24.5 Å². The maximum atomic E-state index is 12.5. The zero-order valence-corrected chi connectivity index (χ0v) is 42.6. The summed E-state index contributed by atoms with van der Waals surface area (Å²) in [6.45, 7) is 4.95. The van der Waals surface area contributed by atoms with Crippen molar-refractivity contribution in [1.29, 1.82) is 0 Å². The Morgan fingerprint density at radius 3 is 1.13 bits per heavy atom. The first-order chi connectivity index (χ1) is 31.0. The number of hydrogen-bond donors (Lipinski definition) is 3. The molecule has 63 heavy (non-hydrogen) atoms. The SMILES string of the molecule is CCCCCCCC/C=C\CCCCCCCC(=O)OCCCCCCCCCCCCCCCCCCCCC(=O)NC(CO)C(O)CCCCCCCCCCCCCCC. The Hall–Kier alpha value is -1.40. The van der Waals surface area contributed by atoms with Crippen molar-refractivity contribution in [2.24, 2.45) is 0 Å². The molecule has 0 aliphatic heterocycles. The lowest BCUT2D eigenvalue weighted by Crippen LogP contribution is -2.45. The molecule has 0 aromatic rings. The van der Waals surface area contributed by atoms with Gasteiger partial charge in [-0.1, -0.05) is 264 Å². The van der Waals surface area contributed by atoms with Crippen LogP contribution < -0.4 is 5.32 Å². The summed E-state index contributed by atoms with van der Waals surface area (Å²) in [7, 11) is 0. The zero-order chi connectivity index (χ0) is 45.8. The van der Waals surface area contributed by atoms with E-state index in [4.69, 9.17) is 4.74 Å². The molecule has 0 heterocycles. The fourth-order valence-corrected chi connectivity index (χ4v) is 8.93. The van der Waals surface area contributed by atoms with E-state index in [-0.39, 0.29) is 18.5 Å². The van der Waals surface area contributed by atoms with Crippen molar-refractivity contribution in [2.45, 2.75) is 328 Å². The summed E-state index contributed by atoms with van der Waals surface area (Å²) in [6, 6.07) is -0.543. The number of carbonyl (C=O) groups excluding carboxylic acids is 2. The van der Waals surface area contributed by atoms with Crippen LogP contribution in [0.25, 0.3) is 0 Å². The van der Waals surface area contributed by atoms with Gasteiger partial charge in [0.2, 0.25) is 5.91 Å². The molecule has 374 valence electrons. The summed E-state index contributed by atoms with van der Waals surface area (Å²) < 4.78 is 5.47. The summed E-state index contributed by atoms with van der Waals surface area (Å²) in [6.07, 6.45) is 61.9. The predicted molar refractivity (Wildman–Crippen MR) is 273 cm³/mol. The van der Waals surface area contributed by atoms with Crippen LogP contribution in [0.2, 0.25) is 0 Å². The van der Waals surface area contributed by atoms with E-state index in [2.05, 4.69) is 31.3 Å². The number of hydrogen-bond acceptors (Lipinski definition) is 5. The van der Waals surface area contributed by atoms with E-state index in [0.717, 1.165) is 44.9 Å². The van der Waals surface area contributed by atoms with E-state index in [1.165, 1.54) is 238 Å². The Bertz CT molecular complexity index is 939. The van der Waals surface area contributed by atoms with E-state index in [0.29, 0.717) is 25.9 Å². The number of aliphatic hydroxyl groups excluding tert-OH is 2. The Balaban J connectivity index is 3.39. The normalized spacial score (nSPS) is 12.6. The predicted octanol–water partition coefficient (Wildman–Crippen LogP) is 17.3. The molecule has 3 N–H and O–H groups in total. The Labute approximate surface area is 393 Å². The molecule has 2 atom stereocenters. The number of esters is 1. The van der Waals surface area contributed by atoms with Crippen LogP contribution in [0.5, 0.6) is 0 Å². The van der Waals surface area contributed by atoms with Crippen LogP contribution in [0.1, 0.15) is 316 Å². The largest absolute Gasteiger partial charge is 0.466 e. The highest BCUT2D eigenvalue weighted by molar-refractivity contribution is 5.76. The van der Waals surface area contributed by atoms with Gasteiger partial charge in [0.1, 0.15) is 0 Å². The number of carbonyl (C=O) groups is 2. The Kier molecular flexibility index (Phi) is 52.0. The van der Waals surface area contributed by atoms with Crippen LogP contribution in [-0.2, 0) is 14.3 Å². The molecular formula is C57H111NO5. The van der Waals surface area contributed by atoms with Crippen molar-refractivity contribution in [3.63, 3.8) is 0 Å². The van der Waals surface area contributed by atoms with E-state index < -0.39 is 12.1 Å². The third-order valence-electron chi connectivity index (χ3n) is 13.3. The topological polar surface area (TPSA) is 95.9 Å². The van der Waals surface area contributed by atoms with Gasteiger partial charge in [-0.05, 0) is 51.4 Å². The molecule has 0 rings (SSSR count). The molecule has 1 amide bonds. The molecule has 0 aliphatic carbocycles. The smallest absolute Gasteiger partial charge is 0.305 e. The highest BCUT2D eigenvalue weighted by Crippen LogP contribution is 2.17. The van der Waals surface area contributed by atoms with Crippen LogP contribution in [-0.4, -0.2) is 47.4 Å². The minimum Gasteiger partial charge on any atom is -0.466 e. The first-order valence-electron chi connectivity index (χ1n) is 28.4. The lowest BCUT2D eigenvalue weighted by atomic mass is 10.0. The second kappa shape index (κ2) is 53.2. The van der Waals surface area contributed by atoms with E-state index in [9.17, 15) is 19.8 Å². The van der Waals surface area contributed by atoms with E-state index >= 15 is 0 Å². The molecule has 0 spiro atoms. The molecule has 0 saturated carbocycles. The molecular weight excluding hydrogens is 779 g/mol. The van der Waals surface area contributed by atoms with E-state index in [1.54, 1.807) is 0 Å². The maximum absolute atomic E-state index is 12.5. The summed E-state index contributed by atoms with van der Waals surface area (Å²) >= 11 is 0. The van der Waals surface area contributed by atoms with Gasteiger partial charge in [-0.3, -0.25) is 9.59 Å². The molecule has 6 nitrogen and oxygen atoms in total. The summed E-state index contributed by atoms with van der Waals surface area (Å²) in [5, 5.41) is 23.2. The lowest BCUT2D eigenvalue weighted by molar-refractivity contribution is -0.143. The van der Waals surface area contributed by atoms with Gasteiger partial charge in [0.25, 0.3) is 0 Å². The molecule has 0 fully saturated rings. The number of unbranched alkanes of at least 4 members (excludes halogenated alkanes) is 40. The van der Waals surface area contributed by atoms with Crippen molar-refractivity contribution in [3.05, 3.63) is 12.2 Å². The lowest BCUT2D eigenvalue weighted by Gasteiger charge is -2.22. The van der Waals surface area contributed by atoms with Gasteiger partial charge in [0.05, 0.1) is 25.4 Å². The average Bonchev–Trinajstić information content (AvgIpc) is 3.28. The minimum absolute atomic E-state index is 0.000164. The van der Waals surface area contributed by atoms with Crippen molar-refractivity contribution >= 4 is 11.9 Å². The second-order valence-corrected chi connectivity index (χ2v) is 19.6. The zero-order valence-electron chi connectivity index (χ0n) is 42.6. The van der Waals surface area contributed by atoms with Crippen LogP contribution in [0, 0.1) is 0 Å². The van der Waals surface area contributed by atoms with Crippen molar-refractivity contribution in [3.8, 4) is 0 Å². The fraction of sp³-hybridized carbons (Fsp3) is 0.930. The summed E-state index contributed by atoms with van der Waals surface area (Å²) in [4.78, 5) is 24.5. The van der Waals surface area contributed by atoms with Crippen LogP contribution in [0.4, 0.5) is 0 Å². The number of nitrogens with one attached hydrogen (secondary N) is 1. The molecule has 0 aromatic heterocycles. The molecule has 0 saturated heterocycles. The third-order valence-corrected chi connectivity index (χ3v) is 13.3. The molecule has 6 heteroatoms. The van der Waals surface area contributed by atoms with Gasteiger partial charge in [-0.25, -0.2) is 0 Å². The van der Waals surface area contributed by atoms with Gasteiger partial charge in [-0.2, -0.15) is 0 Å². The van der Waals surface area contributed by atoms with Gasteiger partial charge in [0.15, 0.2) is 0 Å². The Morgan fingerprint density at radius 1 is 0.429 bits per heavy atom. The highest BCUT2D eigenvalue weighted by Gasteiger charge is 2.20. The first kappa shape index (κ1) is 61.6. The summed E-state index contributed by atoms with van der Waals surface area (Å²) in [5.41, 5.74) is 0. The molecule has 0 aliphatic rings. The van der Waals surface area contributed by atoms with Crippen LogP contribution in [0.3, 0.4) is 0 Å². The average molecular weight is 891 g/mol. The van der Waals surface area contributed by atoms with Crippen molar-refractivity contribution in [1.82, 2.24) is 5.32 Å². The first-order valence-corrected chi connectivity index (χ1v) is 28.4. The number of aliphatic hydroxyl groups is 2. The third kappa shape index (κ3) is 49.9. The fourth-order valence-electron chi connectivity index (χ4n) is 8.93. The molecule has 2 unspecified atom stereocenters. The van der Waals surface area contributed by atoms with Gasteiger partial charge < -0.3 is 20.3 Å². The molecule has 0 radical (unpaired) electrons. The number of amides is 1. The number of allylic oxidation sites excluding steroid dienone is 2. The van der Waals surface area contributed by atoms with Gasteiger partial charge in [0, 0.05) is 12.8 Å². The summed E-state index contributed by atoms with van der Waals surface area (Å²) in [5.74, 6) is -0.0382. The minimum atomic E-state index is -0.665. The van der Waals surface area contributed by atoms with Crippen LogP contribution >= 0.6 is 0 Å². The second-order valence-electron chi connectivity index (χ2n) is 19.6. The van der Waals surface area contributed by atoms with Crippen LogP contribution in [0.15, 0.2) is 12.2 Å². The number of ether oxygens (including phenoxy) is 1. The van der Waals surface area contributed by atoms with Gasteiger partial charge in [-0.15, -0.1) is 0 Å². The van der Waals surface area contributed by atoms with E-state index in [1.807, 2.05) is 0 Å². The highest BCUT2D eigenvalue weighted by atomic mass is 16.5. The van der Waals surface area contributed by atoms with Crippen molar-refractivity contribution in [2.75, 3.05) is 13.2 Å². The Morgan fingerprint density at radius 2 is 0.746 bits per heavy atom. The molecule has 0 bridgehead atoms. The maximum Gasteiger partial charge on any atom is 0.305 e. The molecule has 0 aromatic carbocycles. The number of rotatable bonds is 53. The monoisotopic (exact) mass is 890 g/mol. The quantitative estimate of drug-likeness (QED) is 0.0321. The van der Waals surface area contributed by atoms with Gasteiger partial charge >= 0.3 is 5.97 Å².